The number of alkyl carbamates (subject to hydrolysis) is 4. The Morgan fingerprint density at radius 3 is 1.01 bits per heavy atom. The van der Waals surface area contributed by atoms with Gasteiger partial charge in [-0.3, -0.25) is 24.0 Å². The van der Waals surface area contributed by atoms with Gasteiger partial charge < -0.3 is 84.8 Å². The number of unbranched alkanes of at least 4 members (excludes halogenated alkanes) is 5. The van der Waals surface area contributed by atoms with Crippen LogP contribution in [0.15, 0.2) is 273 Å². The molecular formula is C115H122N8O18. The van der Waals surface area contributed by atoms with E-state index in [0.29, 0.717) is 62.9 Å². The second-order valence-corrected chi connectivity index (χ2v) is 36.6. The van der Waals surface area contributed by atoms with Crippen molar-refractivity contribution in [1.82, 2.24) is 42.1 Å². The first kappa shape index (κ1) is 99.1. The Hall–Kier alpha value is -14.9. The fourth-order valence-electron chi connectivity index (χ4n) is 20.4. The van der Waals surface area contributed by atoms with Crippen LogP contribution in [0.2, 0.25) is 0 Å². The highest BCUT2D eigenvalue weighted by Crippen LogP contribution is 2.50. The predicted molar refractivity (Wildman–Crippen MR) is 536 cm³/mol. The first-order valence-electron chi connectivity index (χ1n) is 49.1. The van der Waals surface area contributed by atoms with E-state index in [0.717, 1.165) is 106 Å². The maximum atomic E-state index is 15.2. The number of amides is 8. The van der Waals surface area contributed by atoms with Crippen molar-refractivity contribution in [3.8, 4) is 56.0 Å². The number of fused-ring (bicyclic) bond motifs is 12. The molecule has 0 spiro atoms. The van der Waals surface area contributed by atoms with Crippen LogP contribution in [-0.2, 0) is 62.8 Å². The number of carbonyl (C=O) groups excluding carboxylic acids is 10. The predicted octanol–water partition coefficient (Wildman–Crippen LogP) is 18.6. The maximum absolute atomic E-state index is 15.2. The Labute approximate surface area is 822 Å². The molecule has 0 aromatic heterocycles. The van der Waals surface area contributed by atoms with Crippen molar-refractivity contribution in [2.75, 3.05) is 80.0 Å². The van der Waals surface area contributed by atoms with Gasteiger partial charge in [0.05, 0.1) is 39.8 Å². The molecule has 26 nitrogen and oxygen atoms in total. The number of carbonyl (C=O) groups is 10. The van der Waals surface area contributed by atoms with E-state index in [-0.39, 0.29) is 152 Å². The van der Waals surface area contributed by atoms with Gasteiger partial charge in [-0.2, -0.15) is 0 Å². The second-order valence-electron chi connectivity index (χ2n) is 36.6. The first-order valence-corrected chi connectivity index (χ1v) is 49.1. The van der Waals surface area contributed by atoms with Gasteiger partial charge in [0.2, 0.25) is 23.6 Å². The summed E-state index contributed by atoms with van der Waals surface area (Å²) in [7, 11) is 3.20. The van der Waals surface area contributed by atoms with Crippen LogP contribution in [0.5, 0.6) is 11.5 Å². The van der Waals surface area contributed by atoms with Crippen LogP contribution >= 0.6 is 0 Å². The summed E-state index contributed by atoms with van der Waals surface area (Å²) in [6.45, 7) is 2.32. The lowest BCUT2D eigenvalue weighted by Gasteiger charge is -2.38. The third-order valence-corrected chi connectivity index (χ3v) is 27.5. The molecule has 16 rings (SSSR count). The largest absolute Gasteiger partial charge is 0.497 e. The van der Waals surface area contributed by atoms with Crippen LogP contribution in [0.3, 0.4) is 0 Å². The summed E-state index contributed by atoms with van der Waals surface area (Å²) in [5.41, 5.74) is 18.0. The molecule has 0 saturated carbocycles. The minimum absolute atomic E-state index is 0.00370. The van der Waals surface area contributed by atoms with Crippen molar-refractivity contribution in [2.24, 2.45) is 0 Å². The van der Waals surface area contributed by atoms with Crippen molar-refractivity contribution < 1.29 is 85.8 Å². The monoisotopic (exact) mass is 1900 g/mol. The molecule has 4 aliphatic carbocycles. The number of methoxy groups -OCH3 is 2. The van der Waals surface area contributed by atoms with E-state index in [2.05, 4.69) is 73.6 Å². The number of rotatable bonds is 47. The number of hydrogen-bond acceptors (Lipinski definition) is 18. The Morgan fingerprint density at radius 2 is 0.645 bits per heavy atom. The summed E-state index contributed by atoms with van der Waals surface area (Å²) >= 11 is 0. The molecule has 11 aromatic carbocycles. The van der Waals surface area contributed by atoms with Crippen LogP contribution in [0.1, 0.15) is 195 Å². The molecule has 11 aromatic rings. The standard InChI is InChI=1S/C115H122N8O18/c1-75(124)54-63-107(126)141-82-68-79(70-140-115(76-32-6-4-7-33-76,77-55-59-80(134-2)60-56-77)78-57-61-81(135-3)62-58-78)123(69-82)106(125)53-8-5-28-64-116-108(127)103(120-110(129)105(122-114(133)139-74-102-97-48-23-15-40-89(97)90-41-16-24-49-98(90)102)52-27-31-67-119-112(131)137-72-100-93-44-19-11-36-85(93)86-37-12-20-45-94(86)100)50-25-29-65-117-109(128)104(121-113(132)138-73-101-95-46-21-13-38-87(95)88-39-14-22-47-96(88)101)51-26-30-66-118-111(130)136-71-99-91-42-17-9-34-83(91)84-35-10-18-43-92(84)99/h4,6-7,9-24,32-49,55-62,79,82,99-105H,5,8,25-31,50-54,63-74H2,1-3H3,(H,116,127)(H,117,128)(H,118,130)(H,119,131)(H,120,129)(H,121,132)(H,122,133)/t79-,82+,103?,104?,105?/m0/s1. The Bertz CT molecular complexity index is 6000. The van der Waals surface area contributed by atoms with Gasteiger partial charge in [0, 0.05) is 69.1 Å². The quantitative estimate of drug-likeness (QED) is 0.00806. The smallest absolute Gasteiger partial charge is 0.407 e. The number of likely N-dealkylation sites (tertiary alicyclic amines) is 1. The van der Waals surface area contributed by atoms with Crippen molar-refractivity contribution in [1.29, 1.82) is 0 Å². The van der Waals surface area contributed by atoms with Gasteiger partial charge in [0.1, 0.15) is 73.5 Å². The Kier molecular flexibility index (Phi) is 33.8. The fourth-order valence-corrected chi connectivity index (χ4v) is 20.4. The lowest BCUT2D eigenvalue weighted by molar-refractivity contribution is -0.150. The lowest BCUT2D eigenvalue weighted by atomic mass is 9.80. The summed E-state index contributed by atoms with van der Waals surface area (Å²) in [6.07, 6.45) is 0.325. The number of Topliss-reactive ketones (excluding diaryl/α,β-unsaturated/α-hetero) is 1. The first-order chi connectivity index (χ1) is 68.9. The number of ketones is 1. The summed E-state index contributed by atoms with van der Waals surface area (Å²) in [5.74, 6) is -2.18. The van der Waals surface area contributed by atoms with Crippen molar-refractivity contribution in [3.05, 3.63) is 334 Å². The molecule has 730 valence electrons. The summed E-state index contributed by atoms with van der Waals surface area (Å²) in [5, 5.41) is 20.5. The molecule has 1 fully saturated rings. The highest BCUT2D eigenvalue weighted by Gasteiger charge is 2.44. The van der Waals surface area contributed by atoms with Gasteiger partial charge in [-0.05, 0) is 208 Å². The second kappa shape index (κ2) is 48.1. The van der Waals surface area contributed by atoms with E-state index >= 15 is 4.79 Å². The Morgan fingerprint density at radius 1 is 0.326 bits per heavy atom. The molecule has 1 saturated heterocycles. The van der Waals surface area contributed by atoms with E-state index in [1.54, 1.807) is 19.1 Å². The molecule has 5 aliphatic rings. The summed E-state index contributed by atoms with van der Waals surface area (Å²) in [6, 6.07) is 85.1. The Balaban J connectivity index is 0.588. The minimum atomic E-state index is -1.25. The average Bonchev–Trinajstić information content (AvgIpc) is 1.75. The van der Waals surface area contributed by atoms with Gasteiger partial charge in [-0.25, -0.2) is 19.2 Å². The number of ether oxygens (including phenoxy) is 8. The molecule has 7 N–H and O–H groups in total. The highest BCUT2D eigenvalue weighted by atomic mass is 16.6. The maximum Gasteiger partial charge on any atom is 0.407 e. The third kappa shape index (κ3) is 24.3. The molecule has 26 heteroatoms. The molecule has 0 bridgehead atoms. The molecule has 1 heterocycles. The molecule has 141 heavy (non-hydrogen) atoms. The van der Waals surface area contributed by atoms with Crippen LogP contribution in [0.4, 0.5) is 19.2 Å². The number of hydrogen-bond donors (Lipinski definition) is 7. The number of esters is 1. The van der Waals surface area contributed by atoms with Crippen molar-refractivity contribution in [2.45, 2.75) is 169 Å². The lowest BCUT2D eigenvalue weighted by Crippen LogP contribution is -2.54. The fraction of sp³-hybridized carbons (Fsp3) is 0.339. The number of benzene rings is 11. The molecular weight excluding hydrogens is 1780 g/mol. The molecule has 1 aliphatic heterocycles. The zero-order valence-electron chi connectivity index (χ0n) is 79.9. The third-order valence-electron chi connectivity index (χ3n) is 27.5. The van der Waals surface area contributed by atoms with Crippen molar-refractivity contribution >= 4 is 59.8 Å². The highest BCUT2D eigenvalue weighted by molar-refractivity contribution is 5.92. The SMILES string of the molecule is COc1ccc(C(OC[C@@H]2C[C@@H](OC(=O)CCC(C)=O)CN2C(=O)CCCCCNC(=O)C(CCCCNC(=O)C(CCCCNC(=O)OCC2c3ccccc3-c3ccccc32)NC(=O)OCC2c3ccccc3-c3ccccc32)NC(=O)C(CCCCNC(=O)OCC2c3ccccc3-c3ccccc32)NC(=O)OCC2c3ccccc3-c3ccccc32)(c2ccccc2)c2ccc(OC)cc2)cc1. The molecule has 0 radical (unpaired) electrons. The van der Waals surface area contributed by atoms with E-state index in [1.165, 1.54) is 6.92 Å². The van der Waals surface area contributed by atoms with E-state index in [1.807, 2.05) is 237 Å². The molecule has 3 unspecified atom stereocenters. The van der Waals surface area contributed by atoms with Crippen LogP contribution in [0, 0.1) is 0 Å². The average molecular weight is 1900 g/mol. The van der Waals surface area contributed by atoms with Gasteiger partial charge in [-0.1, -0.05) is 255 Å². The van der Waals surface area contributed by atoms with Gasteiger partial charge in [0.25, 0.3) is 0 Å². The van der Waals surface area contributed by atoms with Crippen LogP contribution in [0.25, 0.3) is 44.5 Å². The number of nitrogens with one attached hydrogen (secondary N) is 7. The number of nitrogens with zero attached hydrogens (tertiary/aromatic N) is 1. The van der Waals surface area contributed by atoms with E-state index < -0.39 is 83.9 Å². The van der Waals surface area contributed by atoms with E-state index in [4.69, 9.17) is 37.9 Å². The molecule has 5 atom stereocenters. The van der Waals surface area contributed by atoms with Crippen molar-refractivity contribution in [3.63, 3.8) is 0 Å². The normalized spacial score (nSPS) is 14.8. The molecule has 8 amide bonds. The van der Waals surface area contributed by atoms with Crippen LogP contribution < -0.4 is 46.7 Å². The van der Waals surface area contributed by atoms with E-state index in [9.17, 15) is 43.2 Å². The summed E-state index contributed by atoms with van der Waals surface area (Å²) in [4.78, 5) is 142. The van der Waals surface area contributed by atoms with Crippen LogP contribution in [-0.4, -0.2) is 175 Å². The van der Waals surface area contributed by atoms with Gasteiger partial charge in [0.15, 0.2) is 0 Å². The minimum Gasteiger partial charge on any atom is -0.497 e. The van der Waals surface area contributed by atoms with Gasteiger partial charge in [-0.15, -0.1) is 0 Å². The zero-order chi connectivity index (χ0) is 98.0. The summed E-state index contributed by atoms with van der Waals surface area (Å²) < 4.78 is 48.2. The topological polar surface area (TPSA) is 332 Å². The zero-order valence-corrected chi connectivity index (χ0v) is 79.9. The van der Waals surface area contributed by atoms with Gasteiger partial charge >= 0.3 is 30.3 Å².